The maximum Gasteiger partial charge on any atom is 0.337 e. The molecule has 3 rings (SSSR count). The van der Waals surface area contributed by atoms with E-state index in [1.807, 2.05) is 16.7 Å². The normalized spacial score (nSPS) is 11.1. The lowest BCUT2D eigenvalue weighted by Gasteiger charge is -2.19. The minimum atomic E-state index is -0.642. The lowest BCUT2D eigenvalue weighted by molar-refractivity contribution is -0.113. The van der Waals surface area contributed by atoms with E-state index in [9.17, 15) is 14.4 Å². The summed E-state index contributed by atoms with van der Waals surface area (Å²) in [6.45, 7) is 10.8. The molecular formula is C27H30N4O5S. The second-order valence-electron chi connectivity index (χ2n) is 9.15. The van der Waals surface area contributed by atoms with Gasteiger partial charge in [0.1, 0.15) is 0 Å². The molecule has 0 spiro atoms. The van der Waals surface area contributed by atoms with Crippen molar-refractivity contribution in [3.8, 4) is 11.4 Å². The molecule has 0 saturated carbocycles. The summed E-state index contributed by atoms with van der Waals surface area (Å²) < 4.78 is 11.4. The van der Waals surface area contributed by atoms with Gasteiger partial charge >= 0.3 is 11.9 Å². The van der Waals surface area contributed by atoms with E-state index >= 15 is 0 Å². The van der Waals surface area contributed by atoms with Crippen LogP contribution in [0, 0.1) is 0 Å². The van der Waals surface area contributed by atoms with Gasteiger partial charge in [-0.1, -0.05) is 62.9 Å². The largest absolute Gasteiger partial charge is 0.465 e. The van der Waals surface area contributed by atoms with Crippen LogP contribution in [0.15, 0.2) is 60.3 Å². The monoisotopic (exact) mass is 522 g/mol. The van der Waals surface area contributed by atoms with Crippen molar-refractivity contribution in [3.05, 3.63) is 71.8 Å². The van der Waals surface area contributed by atoms with Crippen LogP contribution in [-0.2, 0) is 26.2 Å². The van der Waals surface area contributed by atoms with Crippen molar-refractivity contribution in [1.82, 2.24) is 14.8 Å². The molecule has 1 amide bonds. The number of ether oxygens (including phenoxy) is 2. The van der Waals surface area contributed by atoms with Gasteiger partial charge in [-0.05, 0) is 29.2 Å². The van der Waals surface area contributed by atoms with Crippen LogP contribution in [0.1, 0.15) is 47.1 Å². The first-order valence-corrected chi connectivity index (χ1v) is 12.4. The number of methoxy groups -OCH3 is 2. The summed E-state index contributed by atoms with van der Waals surface area (Å²) in [5.74, 6) is -0.940. The molecule has 0 atom stereocenters. The molecule has 9 nitrogen and oxygen atoms in total. The summed E-state index contributed by atoms with van der Waals surface area (Å²) in [5, 5.41) is 11.9. The third-order valence-corrected chi connectivity index (χ3v) is 6.40. The Morgan fingerprint density at radius 3 is 2.11 bits per heavy atom. The van der Waals surface area contributed by atoms with Crippen LogP contribution in [0.2, 0.25) is 0 Å². The fraction of sp³-hybridized carbons (Fsp3) is 0.296. The van der Waals surface area contributed by atoms with Gasteiger partial charge in [0.15, 0.2) is 11.0 Å². The number of hydrogen-bond acceptors (Lipinski definition) is 8. The molecule has 0 radical (unpaired) electrons. The molecule has 10 heteroatoms. The SMILES string of the molecule is C=CCn1c(SCC(=O)Nc2cc(C(=O)OC)cc(C(=O)OC)c2)nnc1-c1ccc(C(C)(C)C)cc1. The first kappa shape index (κ1) is 27.7. The number of allylic oxidation sites excluding steroid dienone is 1. The number of carbonyl (C=O) groups excluding carboxylic acids is 3. The Morgan fingerprint density at radius 2 is 1.59 bits per heavy atom. The third kappa shape index (κ3) is 6.85. The molecule has 1 heterocycles. The minimum Gasteiger partial charge on any atom is -0.465 e. The van der Waals surface area contributed by atoms with Crippen molar-refractivity contribution < 1.29 is 23.9 Å². The number of benzene rings is 2. The Hall–Kier alpha value is -3.92. The summed E-state index contributed by atoms with van der Waals surface area (Å²) in [7, 11) is 2.46. The fourth-order valence-electron chi connectivity index (χ4n) is 3.52. The molecule has 0 aliphatic heterocycles. The van der Waals surface area contributed by atoms with Gasteiger partial charge < -0.3 is 14.8 Å². The molecule has 37 heavy (non-hydrogen) atoms. The molecule has 0 unspecified atom stereocenters. The van der Waals surface area contributed by atoms with Gasteiger partial charge in [0, 0.05) is 17.8 Å². The number of nitrogens with zero attached hydrogens (tertiary/aromatic N) is 3. The van der Waals surface area contributed by atoms with Crippen molar-refractivity contribution in [1.29, 1.82) is 0 Å². The average molecular weight is 523 g/mol. The highest BCUT2D eigenvalue weighted by molar-refractivity contribution is 7.99. The van der Waals surface area contributed by atoms with Crippen molar-refractivity contribution in [2.75, 3.05) is 25.3 Å². The number of hydrogen-bond donors (Lipinski definition) is 1. The fourth-order valence-corrected chi connectivity index (χ4v) is 4.27. The maximum atomic E-state index is 12.7. The summed E-state index contributed by atoms with van der Waals surface area (Å²) in [4.78, 5) is 36.7. The zero-order chi connectivity index (χ0) is 27.2. The maximum absolute atomic E-state index is 12.7. The highest BCUT2D eigenvalue weighted by Crippen LogP contribution is 2.28. The summed E-state index contributed by atoms with van der Waals surface area (Å²) >= 11 is 1.21. The lowest BCUT2D eigenvalue weighted by atomic mass is 9.87. The van der Waals surface area contributed by atoms with E-state index in [4.69, 9.17) is 9.47 Å². The Bertz CT molecular complexity index is 1280. The van der Waals surface area contributed by atoms with Crippen LogP contribution in [0.4, 0.5) is 5.69 Å². The number of anilines is 1. The van der Waals surface area contributed by atoms with E-state index in [-0.39, 0.29) is 33.9 Å². The van der Waals surface area contributed by atoms with Crippen LogP contribution in [0.25, 0.3) is 11.4 Å². The smallest absolute Gasteiger partial charge is 0.337 e. The molecule has 3 aromatic rings. The van der Waals surface area contributed by atoms with Crippen molar-refractivity contribution in [2.45, 2.75) is 37.9 Å². The van der Waals surface area contributed by atoms with Gasteiger partial charge in [-0.2, -0.15) is 0 Å². The molecule has 1 N–H and O–H groups in total. The van der Waals surface area contributed by atoms with Crippen molar-refractivity contribution >= 4 is 35.3 Å². The highest BCUT2D eigenvalue weighted by Gasteiger charge is 2.19. The second-order valence-corrected chi connectivity index (χ2v) is 10.1. The van der Waals surface area contributed by atoms with E-state index in [2.05, 4.69) is 55.0 Å². The summed E-state index contributed by atoms with van der Waals surface area (Å²) in [6.07, 6.45) is 1.74. The van der Waals surface area contributed by atoms with Crippen LogP contribution in [0.5, 0.6) is 0 Å². The molecule has 0 saturated heterocycles. The number of esters is 2. The third-order valence-electron chi connectivity index (χ3n) is 5.43. The average Bonchev–Trinajstić information content (AvgIpc) is 3.28. The predicted octanol–water partition coefficient (Wildman–Crippen LogP) is 4.73. The highest BCUT2D eigenvalue weighted by atomic mass is 32.2. The Labute approximate surface area is 220 Å². The number of carbonyl (C=O) groups is 3. The van der Waals surface area contributed by atoms with Gasteiger partial charge in [0.25, 0.3) is 0 Å². The number of nitrogens with one attached hydrogen (secondary N) is 1. The number of amides is 1. The number of aromatic nitrogens is 3. The molecule has 194 valence electrons. The van der Waals surface area contributed by atoms with E-state index in [0.29, 0.717) is 17.5 Å². The number of rotatable bonds is 9. The van der Waals surface area contributed by atoms with Crippen LogP contribution >= 0.6 is 11.8 Å². The molecular weight excluding hydrogens is 492 g/mol. The van der Waals surface area contributed by atoms with Gasteiger partial charge in [-0.15, -0.1) is 16.8 Å². The van der Waals surface area contributed by atoms with Crippen molar-refractivity contribution in [3.63, 3.8) is 0 Å². The van der Waals surface area contributed by atoms with E-state index in [0.717, 1.165) is 5.56 Å². The van der Waals surface area contributed by atoms with E-state index < -0.39 is 11.9 Å². The topological polar surface area (TPSA) is 112 Å². The van der Waals surface area contributed by atoms with Gasteiger partial charge in [-0.3, -0.25) is 9.36 Å². The summed E-state index contributed by atoms with van der Waals surface area (Å²) in [6, 6.07) is 12.4. The Kier molecular flexibility index (Phi) is 8.88. The van der Waals surface area contributed by atoms with Crippen LogP contribution in [0.3, 0.4) is 0 Å². The minimum absolute atomic E-state index is 0.0221. The molecule has 0 bridgehead atoms. The molecule has 1 aromatic heterocycles. The standard InChI is InChI=1S/C27H30N4O5S/c1-7-12-31-23(17-8-10-20(11-9-17)27(2,3)4)29-30-26(31)37-16-22(32)28-21-14-18(24(33)35-5)13-19(15-21)25(34)36-6/h7-11,13-15H,1,12,16H2,2-6H3,(H,28,32). The zero-order valence-corrected chi connectivity index (χ0v) is 22.3. The van der Waals surface area contributed by atoms with Gasteiger partial charge in [-0.25, -0.2) is 9.59 Å². The molecule has 0 aliphatic rings. The molecule has 2 aromatic carbocycles. The molecule has 0 aliphatic carbocycles. The summed E-state index contributed by atoms with van der Waals surface area (Å²) in [5.41, 5.74) is 2.65. The number of thioether (sulfide) groups is 1. The lowest BCUT2D eigenvalue weighted by Crippen LogP contribution is -2.16. The van der Waals surface area contributed by atoms with Crippen LogP contribution in [-0.4, -0.2) is 52.6 Å². The van der Waals surface area contributed by atoms with E-state index in [1.54, 1.807) is 6.08 Å². The Balaban J connectivity index is 1.77. The van der Waals surface area contributed by atoms with Crippen molar-refractivity contribution in [2.24, 2.45) is 0 Å². The Morgan fingerprint density at radius 1 is 1.00 bits per heavy atom. The van der Waals surface area contributed by atoms with Gasteiger partial charge in [0.2, 0.25) is 5.91 Å². The van der Waals surface area contributed by atoms with Gasteiger partial charge in [0.05, 0.1) is 31.1 Å². The first-order valence-electron chi connectivity index (χ1n) is 11.5. The quantitative estimate of drug-likeness (QED) is 0.244. The zero-order valence-electron chi connectivity index (χ0n) is 21.5. The predicted molar refractivity (Wildman–Crippen MR) is 143 cm³/mol. The molecule has 0 fully saturated rings. The van der Waals surface area contributed by atoms with E-state index in [1.165, 1.54) is 49.7 Å². The second kappa shape index (κ2) is 11.9. The first-order chi connectivity index (χ1) is 17.6. The van der Waals surface area contributed by atoms with Crippen LogP contribution < -0.4 is 5.32 Å².